The smallest absolute Gasteiger partial charge is 0.253 e. The SMILES string of the molecule is C=CCN1CCN(C(=O)c2ccc(CN3CCN(c4ccccc4F)CC3)cc2)CC1. The first-order chi connectivity index (χ1) is 15.1. The Bertz CT molecular complexity index is 885. The van der Waals surface area contributed by atoms with Crippen molar-refractivity contribution in [2.45, 2.75) is 6.54 Å². The zero-order valence-electron chi connectivity index (χ0n) is 18.0. The zero-order chi connectivity index (χ0) is 21.6. The number of halogens is 1. The molecule has 0 saturated carbocycles. The summed E-state index contributed by atoms with van der Waals surface area (Å²) in [6.45, 7) is 12.3. The number of anilines is 1. The van der Waals surface area contributed by atoms with Crippen molar-refractivity contribution in [3.8, 4) is 0 Å². The number of amides is 1. The Morgan fingerprint density at radius 2 is 1.52 bits per heavy atom. The second kappa shape index (κ2) is 10.1. The molecule has 0 unspecified atom stereocenters. The van der Waals surface area contributed by atoms with Crippen LogP contribution in [0.4, 0.5) is 10.1 Å². The Kier molecular flexibility index (Phi) is 6.99. The third kappa shape index (κ3) is 5.32. The quantitative estimate of drug-likeness (QED) is 0.670. The van der Waals surface area contributed by atoms with Crippen LogP contribution in [0, 0.1) is 5.82 Å². The first-order valence-electron chi connectivity index (χ1n) is 11.1. The number of rotatable bonds is 6. The standard InChI is InChI=1S/C25H31FN4O/c1-2-11-27-12-18-30(19-13-27)25(31)22-9-7-21(8-10-22)20-28-14-16-29(17-15-28)24-6-4-3-5-23(24)26/h2-10H,1,11-20H2. The number of hydrogen-bond acceptors (Lipinski definition) is 4. The Labute approximate surface area is 184 Å². The number of nitrogens with zero attached hydrogens (tertiary/aromatic N) is 4. The summed E-state index contributed by atoms with van der Waals surface area (Å²) in [6.07, 6.45) is 1.91. The van der Waals surface area contributed by atoms with Gasteiger partial charge in [-0.05, 0) is 29.8 Å². The molecule has 2 aromatic rings. The fraction of sp³-hybridized carbons (Fsp3) is 0.400. The van der Waals surface area contributed by atoms with Crippen molar-refractivity contribution in [2.75, 3.05) is 63.8 Å². The van der Waals surface area contributed by atoms with Crippen LogP contribution in [0.3, 0.4) is 0 Å². The fourth-order valence-corrected chi connectivity index (χ4v) is 4.36. The van der Waals surface area contributed by atoms with Crippen LogP contribution in [0.25, 0.3) is 0 Å². The monoisotopic (exact) mass is 422 g/mol. The molecule has 0 bridgehead atoms. The van der Waals surface area contributed by atoms with Crippen molar-refractivity contribution < 1.29 is 9.18 Å². The van der Waals surface area contributed by atoms with Gasteiger partial charge in [-0.1, -0.05) is 30.3 Å². The highest BCUT2D eigenvalue weighted by Crippen LogP contribution is 2.21. The predicted octanol–water partition coefficient (Wildman–Crippen LogP) is 3.09. The van der Waals surface area contributed by atoms with E-state index in [1.165, 1.54) is 11.6 Å². The minimum atomic E-state index is -0.154. The highest BCUT2D eigenvalue weighted by Gasteiger charge is 2.22. The fourth-order valence-electron chi connectivity index (χ4n) is 4.36. The number of para-hydroxylation sites is 1. The summed E-state index contributed by atoms with van der Waals surface area (Å²) in [7, 11) is 0. The molecule has 0 aromatic heterocycles. The largest absolute Gasteiger partial charge is 0.367 e. The molecule has 2 aliphatic heterocycles. The van der Waals surface area contributed by atoms with Crippen molar-refractivity contribution in [1.82, 2.24) is 14.7 Å². The molecule has 0 spiro atoms. The van der Waals surface area contributed by atoms with Gasteiger partial charge in [-0.15, -0.1) is 6.58 Å². The van der Waals surface area contributed by atoms with E-state index in [-0.39, 0.29) is 11.7 Å². The summed E-state index contributed by atoms with van der Waals surface area (Å²) in [6, 6.07) is 15.0. The van der Waals surface area contributed by atoms with E-state index in [1.807, 2.05) is 35.2 Å². The molecular formula is C25H31FN4O. The van der Waals surface area contributed by atoms with Crippen LogP contribution in [0.15, 0.2) is 61.2 Å². The second-order valence-electron chi connectivity index (χ2n) is 8.29. The van der Waals surface area contributed by atoms with Gasteiger partial charge in [0.15, 0.2) is 0 Å². The molecule has 0 radical (unpaired) electrons. The topological polar surface area (TPSA) is 30.0 Å². The van der Waals surface area contributed by atoms with E-state index in [0.29, 0.717) is 5.69 Å². The van der Waals surface area contributed by atoms with Crippen LogP contribution in [0.1, 0.15) is 15.9 Å². The average molecular weight is 423 g/mol. The first-order valence-corrected chi connectivity index (χ1v) is 11.1. The zero-order valence-corrected chi connectivity index (χ0v) is 18.0. The van der Waals surface area contributed by atoms with Crippen LogP contribution >= 0.6 is 0 Å². The highest BCUT2D eigenvalue weighted by molar-refractivity contribution is 5.94. The molecule has 164 valence electrons. The van der Waals surface area contributed by atoms with Crippen LogP contribution in [-0.2, 0) is 6.54 Å². The maximum atomic E-state index is 14.0. The maximum absolute atomic E-state index is 14.0. The van der Waals surface area contributed by atoms with Gasteiger partial charge in [0.05, 0.1) is 5.69 Å². The van der Waals surface area contributed by atoms with Gasteiger partial charge >= 0.3 is 0 Å². The predicted molar refractivity (Wildman–Crippen MR) is 123 cm³/mol. The van der Waals surface area contributed by atoms with E-state index in [2.05, 4.69) is 33.4 Å². The van der Waals surface area contributed by atoms with E-state index in [0.717, 1.165) is 71.0 Å². The minimum absolute atomic E-state index is 0.114. The summed E-state index contributed by atoms with van der Waals surface area (Å²) >= 11 is 0. The molecule has 0 aliphatic carbocycles. The van der Waals surface area contributed by atoms with Gasteiger partial charge in [-0.25, -0.2) is 4.39 Å². The Morgan fingerprint density at radius 3 is 2.16 bits per heavy atom. The van der Waals surface area contributed by atoms with E-state index in [9.17, 15) is 9.18 Å². The van der Waals surface area contributed by atoms with Gasteiger partial charge in [-0.2, -0.15) is 0 Å². The second-order valence-corrected chi connectivity index (χ2v) is 8.29. The normalized spacial score (nSPS) is 18.2. The van der Waals surface area contributed by atoms with E-state index >= 15 is 0 Å². The molecule has 0 atom stereocenters. The molecular weight excluding hydrogens is 391 g/mol. The lowest BCUT2D eigenvalue weighted by Gasteiger charge is -2.36. The van der Waals surface area contributed by atoms with Crippen LogP contribution in [0.2, 0.25) is 0 Å². The van der Waals surface area contributed by atoms with Crippen LogP contribution in [0.5, 0.6) is 0 Å². The Morgan fingerprint density at radius 1 is 0.871 bits per heavy atom. The van der Waals surface area contributed by atoms with Crippen molar-refractivity contribution in [2.24, 2.45) is 0 Å². The maximum Gasteiger partial charge on any atom is 0.253 e. The molecule has 0 N–H and O–H groups in total. The van der Waals surface area contributed by atoms with E-state index in [4.69, 9.17) is 0 Å². The third-order valence-electron chi connectivity index (χ3n) is 6.22. The Hall–Kier alpha value is -2.70. The van der Waals surface area contributed by atoms with E-state index in [1.54, 1.807) is 6.07 Å². The number of benzene rings is 2. The van der Waals surface area contributed by atoms with Gasteiger partial charge in [0.1, 0.15) is 5.82 Å². The third-order valence-corrected chi connectivity index (χ3v) is 6.22. The molecule has 2 saturated heterocycles. The first kappa shape index (κ1) is 21.5. The van der Waals surface area contributed by atoms with Gasteiger partial charge in [0.25, 0.3) is 5.91 Å². The number of hydrogen-bond donors (Lipinski definition) is 0. The molecule has 1 amide bonds. The van der Waals surface area contributed by atoms with Crippen molar-refractivity contribution in [3.63, 3.8) is 0 Å². The lowest BCUT2D eigenvalue weighted by atomic mass is 10.1. The van der Waals surface area contributed by atoms with Gasteiger partial charge in [0, 0.05) is 71.0 Å². The number of carbonyl (C=O) groups is 1. The summed E-state index contributed by atoms with van der Waals surface area (Å²) in [4.78, 5) is 21.6. The van der Waals surface area contributed by atoms with Crippen molar-refractivity contribution >= 4 is 11.6 Å². The van der Waals surface area contributed by atoms with Crippen molar-refractivity contribution in [1.29, 1.82) is 0 Å². The lowest BCUT2D eigenvalue weighted by molar-refractivity contribution is 0.0650. The van der Waals surface area contributed by atoms with Crippen LogP contribution < -0.4 is 4.90 Å². The van der Waals surface area contributed by atoms with Gasteiger partial charge in [0.2, 0.25) is 0 Å². The number of piperazine rings is 2. The number of carbonyl (C=O) groups excluding carboxylic acids is 1. The average Bonchev–Trinajstić information content (AvgIpc) is 2.81. The molecule has 2 fully saturated rings. The molecule has 31 heavy (non-hydrogen) atoms. The Balaban J connectivity index is 1.27. The molecule has 2 aromatic carbocycles. The van der Waals surface area contributed by atoms with Crippen LogP contribution in [-0.4, -0.2) is 79.5 Å². The summed E-state index contributed by atoms with van der Waals surface area (Å²) < 4.78 is 14.0. The molecule has 2 aliphatic rings. The summed E-state index contributed by atoms with van der Waals surface area (Å²) in [5, 5.41) is 0. The highest BCUT2D eigenvalue weighted by atomic mass is 19.1. The van der Waals surface area contributed by atoms with E-state index < -0.39 is 0 Å². The van der Waals surface area contributed by atoms with Crippen molar-refractivity contribution in [3.05, 3.63) is 78.1 Å². The summed E-state index contributed by atoms with van der Waals surface area (Å²) in [5.74, 6) is -0.0402. The van der Waals surface area contributed by atoms with Gasteiger partial charge < -0.3 is 9.80 Å². The minimum Gasteiger partial charge on any atom is -0.367 e. The lowest BCUT2D eigenvalue weighted by Crippen LogP contribution is -2.48. The molecule has 6 heteroatoms. The van der Waals surface area contributed by atoms with Gasteiger partial charge in [-0.3, -0.25) is 14.6 Å². The molecule has 2 heterocycles. The molecule has 5 nitrogen and oxygen atoms in total. The molecule has 4 rings (SSSR count). The summed E-state index contributed by atoms with van der Waals surface area (Å²) in [5.41, 5.74) is 2.65.